The van der Waals surface area contributed by atoms with Crippen LogP contribution in [-0.2, 0) is 19.7 Å². The molecule has 1 aliphatic heterocycles. The standard InChI is InChI=1S/C29H44ClNO5/c1-29(2,3)22-9-8-10-23(19-22)36-21-25-24(26(30)20-27(25)32)11-6-4-5-7-12-28(33)35-18-15-31-13-16-34-17-14-31/h4,6,8-10,19,24-27,32H,5,7,11-18,20-21H2,1-3H3/b6-4-/t24-,25-,26-,27-/m1/s1. The average Bonchev–Trinajstić information content (AvgIpc) is 3.12. The van der Waals surface area contributed by atoms with Gasteiger partial charge in [0.05, 0.1) is 25.9 Å². The summed E-state index contributed by atoms with van der Waals surface area (Å²) in [5.74, 6) is 0.855. The van der Waals surface area contributed by atoms with Crippen LogP contribution in [0.4, 0.5) is 0 Å². The first-order valence-corrected chi connectivity index (χ1v) is 13.8. The van der Waals surface area contributed by atoms with Crippen LogP contribution in [0.1, 0.15) is 58.4 Å². The maximum absolute atomic E-state index is 12.0. The highest BCUT2D eigenvalue weighted by atomic mass is 35.5. The van der Waals surface area contributed by atoms with Crippen molar-refractivity contribution in [3.63, 3.8) is 0 Å². The van der Waals surface area contributed by atoms with E-state index in [0.717, 1.165) is 57.9 Å². The molecule has 0 bridgehead atoms. The van der Waals surface area contributed by atoms with E-state index in [2.05, 4.69) is 50.0 Å². The van der Waals surface area contributed by atoms with E-state index in [1.54, 1.807) is 0 Å². The SMILES string of the molecule is CC(C)(C)c1cccc(OC[C@@H]2[C@@H](C/C=C\CCCC(=O)OCCN3CCOCC3)[C@H](Cl)C[C@H]2O)c1. The summed E-state index contributed by atoms with van der Waals surface area (Å²) in [5, 5.41) is 10.5. The van der Waals surface area contributed by atoms with Crippen LogP contribution in [0.25, 0.3) is 0 Å². The van der Waals surface area contributed by atoms with Gasteiger partial charge >= 0.3 is 5.97 Å². The number of benzene rings is 1. The zero-order valence-electron chi connectivity index (χ0n) is 22.2. The number of halogens is 1. The molecule has 0 radical (unpaired) electrons. The Morgan fingerprint density at radius 1 is 1.22 bits per heavy atom. The molecular weight excluding hydrogens is 478 g/mol. The number of esters is 1. The third kappa shape index (κ3) is 9.37. The van der Waals surface area contributed by atoms with Gasteiger partial charge in [-0.25, -0.2) is 0 Å². The molecule has 0 spiro atoms. The maximum Gasteiger partial charge on any atom is 0.305 e. The lowest BCUT2D eigenvalue weighted by molar-refractivity contribution is -0.144. The molecule has 1 heterocycles. The van der Waals surface area contributed by atoms with Gasteiger partial charge in [-0.2, -0.15) is 0 Å². The Morgan fingerprint density at radius 2 is 2.00 bits per heavy atom. The molecule has 4 atom stereocenters. The number of carbonyl (C=O) groups is 1. The Labute approximate surface area is 221 Å². The summed E-state index contributed by atoms with van der Waals surface area (Å²) in [7, 11) is 0. The number of allylic oxidation sites excluding steroid dienone is 2. The van der Waals surface area contributed by atoms with Gasteiger partial charge in [-0.1, -0.05) is 45.1 Å². The van der Waals surface area contributed by atoms with Crippen molar-refractivity contribution >= 4 is 17.6 Å². The Hall–Kier alpha value is -1.60. The number of carbonyl (C=O) groups excluding carboxylic acids is 1. The van der Waals surface area contributed by atoms with Crippen molar-refractivity contribution in [2.45, 2.75) is 69.8 Å². The maximum atomic E-state index is 12.0. The van der Waals surface area contributed by atoms with Crippen molar-refractivity contribution < 1.29 is 24.1 Å². The zero-order valence-corrected chi connectivity index (χ0v) is 22.9. The molecule has 1 aromatic carbocycles. The monoisotopic (exact) mass is 521 g/mol. The van der Waals surface area contributed by atoms with E-state index in [-0.39, 0.29) is 28.6 Å². The molecule has 2 aliphatic rings. The third-order valence-corrected chi connectivity index (χ3v) is 7.72. The topological polar surface area (TPSA) is 68.2 Å². The summed E-state index contributed by atoms with van der Waals surface area (Å²) in [6.07, 6.45) is 7.19. The molecule has 0 aromatic heterocycles. The van der Waals surface area contributed by atoms with Crippen LogP contribution >= 0.6 is 11.6 Å². The summed E-state index contributed by atoms with van der Waals surface area (Å²) in [5.41, 5.74) is 1.28. The minimum Gasteiger partial charge on any atom is -0.493 e. The molecule has 7 heteroatoms. The fraction of sp³-hybridized carbons (Fsp3) is 0.690. The zero-order chi connectivity index (χ0) is 26.0. The van der Waals surface area contributed by atoms with Crippen LogP contribution in [0, 0.1) is 11.8 Å². The molecular formula is C29H44ClNO5. The summed E-state index contributed by atoms with van der Waals surface area (Å²) in [6, 6.07) is 8.19. The number of aliphatic hydroxyl groups is 1. The van der Waals surface area contributed by atoms with Crippen molar-refractivity contribution in [1.29, 1.82) is 0 Å². The van der Waals surface area contributed by atoms with Gasteiger partial charge in [0, 0.05) is 37.4 Å². The second kappa shape index (κ2) is 14.4. The van der Waals surface area contributed by atoms with Crippen LogP contribution < -0.4 is 4.74 Å². The molecule has 1 aliphatic carbocycles. The first kappa shape index (κ1) is 29.0. The number of morpholine rings is 1. The highest BCUT2D eigenvalue weighted by molar-refractivity contribution is 6.21. The summed E-state index contributed by atoms with van der Waals surface area (Å²) < 4.78 is 16.8. The average molecular weight is 522 g/mol. The molecule has 202 valence electrons. The lowest BCUT2D eigenvalue weighted by Crippen LogP contribution is -2.38. The van der Waals surface area contributed by atoms with Crippen LogP contribution in [0.2, 0.25) is 0 Å². The predicted molar refractivity (Wildman–Crippen MR) is 144 cm³/mol. The van der Waals surface area contributed by atoms with E-state index in [4.69, 9.17) is 25.8 Å². The quantitative estimate of drug-likeness (QED) is 0.181. The Kier molecular flexibility index (Phi) is 11.6. The minimum absolute atomic E-state index is 0.00288. The van der Waals surface area contributed by atoms with E-state index < -0.39 is 6.10 Å². The van der Waals surface area contributed by atoms with Crippen LogP contribution in [0.5, 0.6) is 5.75 Å². The second-order valence-corrected chi connectivity index (χ2v) is 11.6. The van der Waals surface area contributed by atoms with Crippen molar-refractivity contribution in [2.75, 3.05) is 46.1 Å². The number of ether oxygens (including phenoxy) is 3. The summed E-state index contributed by atoms with van der Waals surface area (Å²) in [6.45, 7) is 11.5. The fourth-order valence-electron chi connectivity index (χ4n) is 4.86. The van der Waals surface area contributed by atoms with E-state index in [1.165, 1.54) is 5.56 Å². The van der Waals surface area contributed by atoms with Gasteiger partial charge in [-0.05, 0) is 54.7 Å². The van der Waals surface area contributed by atoms with Gasteiger partial charge in [-0.15, -0.1) is 11.6 Å². The molecule has 36 heavy (non-hydrogen) atoms. The lowest BCUT2D eigenvalue weighted by atomic mass is 9.87. The molecule has 1 aromatic rings. The van der Waals surface area contributed by atoms with Gasteiger partial charge in [0.2, 0.25) is 0 Å². The summed E-state index contributed by atoms with van der Waals surface area (Å²) in [4.78, 5) is 14.2. The second-order valence-electron chi connectivity index (χ2n) is 11.0. The van der Waals surface area contributed by atoms with Crippen molar-refractivity contribution in [1.82, 2.24) is 4.90 Å². The molecule has 1 saturated heterocycles. The van der Waals surface area contributed by atoms with E-state index in [0.29, 0.717) is 26.1 Å². The van der Waals surface area contributed by atoms with Crippen molar-refractivity contribution in [2.24, 2.45) is 11.8 Å². The molecule has 0 unspecified atom stereocenters. The molecule has 0 amide bonds. The molecule has 6 nitrogen and oxygen atoms in total. The van der Waals surface area contributed by atoms with Gasteiger partial charge in [0.15, 0.2) is 0 Å². The fourth-order valence-corrected chi connectivity index (χ4v) is 5.33. The van der Waals surface area contributed by atoms with Crippen LogP contribution in [0.15, 0.2) is 36.4 Å². The molecule has 2 fully saturated rings. The highest BCUT2D eigenvalue weighted by Gasteiger charge is 2.41. The number of aliphatic hydroxyl groups excluding tert-OH is 1. The highest BCUT2D eigenvalue weighted by Crippen LogP contribution is 2.39. The van der Waals surface area contributed by atoms with Crippen LogP contribution in [-0.4, -0.2) is 73.5 Å². The number of nitrogens with zero attached hydrogens (tertiary/aromatic N) is 1. The van der Waals surface area contributed by atoms with Crippen molar-refractivity contribution in [3.8, 4) is 5.75 Å². The smallest absolute Gasteiger partial charge is 0.305 e. The Bertz CT molecular complexity index is 833. The van der Waals surface area contributed by atoms with E-state index in [9.17, 15) is 9.90 Å². The van der Waals surface area contributed by atoms with E-state index in [1.807, 2.05) is 12.1 Å². The number of unbranched alkanes of at least 4 members (excludes halogenated alkanes) is 1. The largest absolute Gasteiger partial charge is 0.493 e. The van der Waals surface area contributed by atoms with E-state index >= 15 is 0 Å². The summed E-state index contributed by atoms with van der Waals surface area (Å²) >= 11 is 6.60. The van der Waals surface area contributed by atoms with Gasteiger partial charge in [-0.3, -0.25) is 9.69 Å². The van der Waals surface area contributed by atoms with Gasteiger partial charge < -0.3 is 19.3 Å². The lowest BCUT2D eigenvalue weighted by Gasteiger charge is -2.26. The predicted octanol–water partition coefficient (Wildman–Crippen LogP) is 4.96. The van der Waals surface area contributed by atoms with Crippen LogP contribution in [0.3, 0.4) is 0 Å². The third-order valence-electron chi connectivity index (χ3n) is 7.22. The molecule has 1 N–H and O–H groups in total. The molecule has 3 rings (SSSR count). The number of alkyl halides is 1. The first-order chi connectivity index (χ1) is 17.2. The normalized spacial score (nSPS) is 25.4. The number of hydrogen-bond donors (Lipinski definition) is 1. The number of rotatable bonds is 12. The Balaban J connectivity index is 1.35. The first-order valence-electron chi connectivity index (χ1n) is 13.4. The molecule has 1 saturated carbocycles. The van der Waals surface area contributed by atoms with Gasteiger partial charge in [0.25, 0.3) is 0 Å². The van der Waals surface area contributed by atoms with Gasteiger partial charge in [0.1, 0.15) is 12.4 Å². The Morgan fingerprint density at radius 3 is 2.75 bits per heavy atom. The number of hydrogen-bond acceptors (Lipinski definition) is 6. The minimum atomic E-state index is -0.455. The van der Waals surface area contributed by atoms with Crippen molar-refractivity contribution in [3.05, 3.63) is 42.0 Å².